The van der Waals surface area contributed by atoms with Gasteiger partial charge in [-0.3, -0.25) is 9.69 Å². The van der Waals surface area contributed by atoms with Gasteiger partial charge in [0, 0.05) is 49.2 Å². The summed E-state index contributed by atoms with van der Waals surface area (Å²) in [6.07, 6.45) is 13.4. The zero-order valence-electron chi connectivity index (χ0n) is 16.9. The first-order valence-corrected chi connectivity index (χ1v) is 11.0. The van der Waals surface area contributed by atoms with Crippen LogP contribution in [0.4, 0.5) is 0 Å². The van der Waals surface area contributed by atoms with E-state index >= 15 is 0 Å². The molecular weight excluding hydrogens is 346 g/mol. The van der Waals surface area contributed by atoms with Gasteiger partial charge < -0.3 is 4.74 Å². The summed E-state index contributed by atoms with van der Waals surface area (Å²) in [5.41, 5.74) is -0.0284. The van der Waals surface area contributed by atoms with Crippen LogP contribution in [0.25, 0.3) is 0 Å². The molecule has 4 heteroatoms. The minimum absolute atomic E-state index is 0.0284. The van der Waals surface area contributed by atoms with Gasteiger partial charge in [0.15, 0.2) is 0 Å². The van der Waals surface area contributed by atoms with Gasteiger partial charge in [-0.25, -0.2) is 0 Å². The lowest BCUT2D eigenvalue weighted by molar-refractivity contribution is -0.145. The summed E-state index contributed by atoms with van der Waals surface area (Å²) < 4.78 is 5.32. The number of hydrogen-bond acceptors (Lipinski definition) is 3. The number of rotatable bonds is 11. The van der Waals surface area contributed by atoms with Crippen LogP contribution in [-0.4, -0.2) is 42.5 Å². The van der Waals surface area contributed by atoms with E-state index < -0.39 is 0 Å². The van der Waals surface area contributed by atoms with Gasteiger partial charge >= 0.3 is 0 Å². The minimum Gasteiger partial charge on any atom is -0.385 e. The maximum absolute atomic E-state index is 13.1. The summed E-state index contributed by atoms with van der Waals surface area (Å²) in [5.74, 6) is 0.676. The number of unbranched alkanes of at least 4 members (excludes halogenated alkanes) is 3. The van der Waals surface area contributed by atoms with Crippen molar-refractivity contribution in [1.29, 1.82) is 0 Å². The number of carbonyl (C=O) groups is 1. The molecule has 0 radical (unpaired) electrons. The van der Waals surface area contributed by atoms with Gasteiger partial charge in [-0.2, -0.15) is 0 Å². The van der Waals surface area contributed by atoms with E-state index in [-0.39, 0.29) is 11.5 Å². The summed E-state index contributed by atoms with van der Waals surface area (Å²) in [6.45, 7) is 7.72. The maximum atomic E-state index is 13.1. The molecule has 1 aliphatic heterocycles. The van der Waals surface area contributed by atoms with Gasteiger partial charge in [-0.15, -0.1) is 0 Å². The van der Waals surface area contributed by atoms with Crippen LogP contribution in [0.3, 0.4) is 0 Å². The van der Waals surface area contributed by atoms with Crippen LogP contribution in [0.1, 0.15) is 84.0 Å². The maximum Gasteiger partial charge on any atom is 0.139 e. The Kier molecular flexibility index (Phi) is 9.12. The van der Waals surface area contributed by atoms with E-state index in [9.17, 15) is 4.79 Å². The van der Waals surface area contributed by atoms with Crippen LogP contribution < -0.4 is 0 Å². The number of piperidine rings is 1. The summed E-state index contributed by atoms with van der Waals surface area (Å²) in [6, 6.07) is 0.326. The van der Waals surface area contributed by atoms with Crippen LogP contribution in [0.5, 0.6) is 0 Å². The Balaban J connectivity index is 2.23. The zero-order valence-corrected chi connectivity index (χ0v) is 17.7. The fraction of sp³-hybridized carbons (Fsp3) is 0.864. The number of ketones is 1. The average Bonchev–Trinajstić information content (AvgIpc) is 2.62. The van der Waals surface area contributed by atoms with Crippen molar-refractivity contribution in [2.24, 2.45) is 5.92 Å². The second-order valence-electron chi connectivity index (χ2n) is 8.32. The quantitative estimate of drug-likeness (QED) is 0.428. The van der Waals surface area contributed by atoms with Gasteiger partial charge in [-0.05, 0) is 32.1 Å². The number of carbonyl (C=O) groups excluding carboxylic acids is 1. The van der Waals surface area contributed by atoms with E-state index in [1.165, 1.54) is 38.5 Å². The number of nitrogens with zero attached hydrogens (tertiary/aromatic N) is 1. The van der Waals surface area contributed by atoms with Gasteiger partial charge in [0.05, 0.1) is 0 Å². The summed E-state index contributed by atoms with van der Waals surface area (Å²) in [7, 11) is 1.76. The molecule has 1 saturated carbocycles. The van der Waals surface area contributed by atoms with Crippen molar-refractivity contribution in [2.75, 3.05) is 20.3 Å². The highest BCUT2D eigenvalue weighted by Gasteiger charge is 2.53. The summed E-state index contributed by atoms with van der Waals surface area (Å²) in [5, 5.41) is 0.702. The molecule has 2 aliphatic rings. The van der Waals surface area contributed by atoms with Crippen LogP contribution in [-0.2, 0) is 9.53 Å². The molecule has 0 unspecified atom stereocenters. The molecule has 0 N–H and O–H groups in total. The smallest absolute Gasteiger partial charge is 0.139 e. The van der Waals surface area contributed by atoms with Crippen molar-refractivity contribution in [2.45, 2.75) is 95.6 Å². The lowest BCUT2D eigenvalue weighted by Gasteiger charge is -2.57. The predicted molar refractivity (Wildman–Crippen MR) is 110 cm³/mol. The fourth-order valence-corrected chi connectivity index (χ4v) is 5.51. The van der Waals surface area contributed by atoms with E-state index in [4.69, 9.17) is 16.3 Å². The Morgan fingerprint density at radius 3 is 2.81 bits per heavy atom. The minimum atomic E-state index is -0.0284. The summed E-state index contributed by atoms with van der Waals surface area (Å²) in [4.78, 5) is 15.7. The van der Waals surface area contributed by atoms with E-state index in [1.807, 2.05) is 0 Å². The molecule has 150 valence electrons. The van der Waals surface area contributed by atoms with E-state index in [2.05, 4.69) is 18.4 Å². The molecule has 1 aliphatic carbocycles. The molecule has 2 rings (SSSR count). The molecule has 3 atom stereocenters. The highest BCUT2D eigenvalue weighted by atomic mass is 35.5. The number of hydrogen-bond donors (Lipinski definition) is 0. The van der Waals surface area contributed by atoms with Crippen LogP contribution in [0.15, 0.2) is 11.6 Å². The van der Waals surface area contributed by atoms with Gasteiger partial charge in [0.2, 0.25) is 0 Å². The molecule has 0 spiro atoms. The van der Waals surface area contributed by atoms with Crippen molar-refractivity contribution in [3.05, 3.63) is 11.6 Å². The van der Waals surface area contributed by atoms with Crippen molar-refractivity contribution in [3.8, 4) is 0 Å². The van der Waals surface area contributed by atoms with E-state index in [1.54, 1.807) is 7.11 Å². The highest BCUT2D eigenvalue weighted by Crippen LogP contribution is 2.48. The van der Waals surface area contributed by atoms with Crippen molar-refractivity contribution in [3.63, 3.8) is 0 Å². The fourth-order valence-electron chi connectivity index (χ4n) is 5.38. The number of fused-ring (bicyclic) bond motifs is 1. The molecule has 26 heavy (non-hydrogen) atoms. The molecule has 0 bridgehead atoms. The van der Waals surface area contributed by atoms with Crippen molar-refractivity contribution >= 4 is 17.4 Å². The normalized spacial score (nSPS) is 29.6. The Morgan fingerprint density at radius 1 is 1.31 bits per heavy atom. The number of Topliss-reactive ketones (excluding diaryl/α,β-unsaturated/α-hetero) is 1. The molecule has 0 aromatic rings. The van der Waals surface area contributed by atoms with Gasteiger partial charge in [0.25, 0.3) is 0 Å². The average molecular weight is 384 g/mol. The van der Waals surface area contributed by atoms with Crippen molar-refractivity contribution in [1.82, 2.24) is 4.90 Å². The Morgan fingerprint density at radius 2 is 2.12 bits per heavy atom. The Labute approximate surface area is 165 Å². The first-order valence-electron chi connectivity index (χ1n) is 10.7. The van der Waals surface area contributed by atoms with Crippen LogP contribution >= 0.6 is 11.6 Å². The van der Waals surface area contributed by atoms with E-state index in [0.29, 0.717) is 23.3 Å². The molecule has 0 amide bonds. The number of ether oxygens (including phenoxy) is 1. The third kappa shape index (κ3) is 5.33. The SMILES string of the molecule is C=C(Cl)CN1[C@@H](CCCCCC)CC(=O)[C@@H]2CCCC[C@@]21CCCOC. The van der Waals surface area contributed by atoms with Gasteiger partial charge in [-0.1, -0.05) is 63.6 Å². The second-order valence-corrected chi connectivity index (χ2v) is 8.85. The Hall–Kier alpha value is -0.380. The molecule has 2 fully saturated rings. The highest BCUT2D eigenvalue weighted by molar-refractivity contribution is 6.29. The molecule has 1 heterocycles. The number of likely N-dealkylation sites (tertiary alicyclic amines) is 1. The number of halogens is 1. The lowest BCUT2D eigenvalue weighted by Crippen LogP contribution is -2.65. The topological polar surface area (TPSA) is 29.5 Å². The van der Waals surface area contributed by atoms with Crippen molar-refractivity contribution < 1.29 is 9.53 Å². The standard InChI is InChI=1S/C22H38ClNO2/c1-4-5-6-7-11-19-16-21(25)20-12-8-9-13-22(20,14-10-15-26-3)24(19)17-18(2)23/h19-20H,2,4-17H2,1,3H3/t19-,20-,22+/m0/s1. The van der Waals surface area contributed by atoms with E-state index in [0.717, 1.165) is 45.3 Å². The first kappa shape index (κ1) is 21.9. The first-order chi connectivity index (χ1) is 12.5. The van der Waals surface area contributed by atoms with Crippen LogP contribution in [0, 0.1) is 5.92 Å². The molecule has 0 aromatic carbocycles. The Bertz CT molecular complexity index is 467. The third-order valence-electron chi connectivity index (χ3n) is 6.53. The molecule has 0 aromatic heterocycles. The van der Waals surface area contributed by atoms with Gasteiger partial charge in [0.1, 0.15) is 5.78 Å². The molecule has 1 saturated heterocycles. The zero-order chi connectivity index (χ0) is 19.0. The monoisotopic (exact) mass is 383 g/mol. The molecular formula is C22H38ClNO2. The number of methoxy groups -OCH3 is 1. The second kappa shape index (κ2) is 10.8. The predicted octanol–water partition coefficient (Wildman–Crippen LogP) is 5.71. The summed E-state index contributed by atoms with van der Waals surface area (Å²) >= 11 is 6.31. The lowest BCUT2D eigenvalue weighted by atomic mass is 9.63. The van der Waals surface area contributed by atoms with Crippen LogP contribution in [0.2, 0.25) is 0 Å². The third-order valence-corrected chi connectivity index (χ3v) is 6.65. The largest absolute Gasteiger partial charge is 0.385 e. The molecule has 3 nitrogen and oxygen atoms in total.